The van der Waals surface area contributed by atoms with Crippen molar-refractivity contribution in [2.24, 2.45) is 0 Å². The zero-order chi connectivity index (χ0) is 17.6. The maximum atomic E-state index is 12.7. The fourth-order valence-corrected chi connectivity index (χ4v) is 3.06. The molecule has 0 radical (unpaired) electrons. The van der Waals surface area contributed by atoms with E-state index in [4.69, 9.17) is 11.6 Å². The SMILES string of the molecule is FC(F)Oc1cc(Br)ccc1-c1nc2c3ccccc3nc(Cl)n2n1. The number of alkyl halides is 2. The van der Waals surface area contributed by atoms with Gasteiger partial charge in [-0.3, -0.25) is 0 Å². The molecular weight excluding hydrogens is 418 g/mol. The Labute approximate surface area is 153 Å². The Balaban J connectivity index is 1.97. The quantitative estimate of drug-likeness (QED) is 0.435. The van der Waals surface area contributed by atoms with Crippen LogP contribution in [-0.2, 0) is 0 Å². The van der Waals surface area contributed by atoms with E-state index >= 15 is 0 Å². The van der Waals surface area contributed by atoms with Crippen molar-refractivity contribution in [2.45, 2.75) is 6.61 Å². The van der Waals surface area contributed by atoms with Crippen LogP contribution in [0.5, 0.6) is 5.75 Å². The molecule has 0 N–H and O–H groups in total. The maximum absolute atomic E-state index is 12.7. The van der Waals surface area contributed by atoms with Crippen LogP contribution in [-0.4, -0.2) is 26.2 Å². The number of ether oxygens (including phenoxy) is 1. The third kappa shape index (κ3) is 2.91. The molecule has 126 valence electrons. The highest BCUT2D eigenvalue weighted by atomic mass is 79.9. The van der Waals surface area contributed by atoms with Crippen LogP contribution in [0.4, 0.5) is 8.78 Å². The lowest BCUT2D eigenvalue weighted by Crippen LogP contribution is -2.03. The Hall–Kier alpha value is -2.32. The van der Waals surface area contributed by atoms with Gasteiger partial charge in [-0.05, 0) is 41.9 Å². The van der Waals surface area contributed by atoms with Crippen LogP contribution in [0.25, 0.3) is 27.9 Å². The monoisotopic (exact) mass is 424 g/mol. The molecule has 0 aliphatic heterocycles. The van der Waals surface area contributed by atoms with Crippen LogP contribution in [0, 0.1) is 0 Å². The summed E-state index contributed by atoms with van der Waals surface area (Å²) in [7, 11) is 0. The molecule has 0 unspecified atom stereocenters. The van der Waals surface area contributed by atoms with E-state index in [1.165, 1.54) is 10.6 Å². The van der Waals surface area contributed by atoms with E-state index in [0.717, 1.165) is 5.39 Å². The number of aromatic nitrogens is 4. The van der Waals surface area contributed by atoms with Crippen molar-refractivity contribution < 1.29 is 13.5 Å². The van der Waals surface area contributed by atoms with Crippen LogP contribution in [0.1, 0.15) is 0 Å². The highest BCUT2D eigenvalue weighted by molar-refractivity contribution is 9.10. The van der Waals surface area contributed by atoms with E-state index in [1.807, 2.05) is 18.2 Å². The minimum absolute atomic E-state index is 0.0336. The van der Waals surface area contributed by atoms with Crippen LogP contribution >= 0.6 is 27.5 Å². The highest BCUT2D eigenvalue weighted by Crippen LogP contribution is 2.33. The van der Waals surface area contributed by atoms with Crippen LogP contribution in [0.2, 0.25) is 5.28 Å². The standard InChI is InChI=1S/C16H8BrClF2N4O/c17-8-5-6-10(12(7-8)25-16(19)20)13-22-14-9-3-1-2-4-11(9)21-15(18)24(14)23-13/h1-7,16H. The molecule has 0 spiro atoms. The third-order valence-electron chi connectivity index (χ3n) is 3.54. The summed E-state index contributed by atoms with van der Waals surface area (Å²) in [6.07, 6.45) is 0. The van der Waals surface area contributed by atoms with E-state index < -0.39 is 6.61 Å². The highest BCUT2D eigenvalue weighted by Gasteiger charge is 2.18. The van der Waals surface area contributed by atoms with E-state index in [2.05, 4.69) is 35.7 Å². The molecule has 2 aromatic carbocycles. The first kappa shape index (κ1) is 16.2. The number of halogens is 4. The summed E-state index contributed by atoms with van der Waals surface area (Å²) < 4.78 is 32.0. The van der Waals surface area contributed by atoms with Gasteiger partial charge >= 0.3 is 6.61 Å². The zero-order valence-electron chi connectivity index (χ0n) is 12.3. The molecule has 0 aliphatic rings. The molecule has 0 aliphatic carbocycles. The smallest absolute Gasteiger partial charge is 0.387 e. The summed E-state index contributed by atoms with van der Waals surface area (Å²) in [5, 5.41) is 5.18. The van der Waals surface area contributed by atoms with Gasteiger partial charge in [0.2, 0.25) is 5.28 Å². The van der Waals surface area contributed by atoms with E-state index in [-0.39, 0.29) is 16.9 Å². The molecule has 2 aromatic heterocycles. The Morgan fingerprint density at radius 1 is 1.12 bits per heavy atom. The fraction of sp³-hybridized carbons (Fsp3) is 0.0625. The molecule has 4 aromatic rings. The van der Waals surface area contributed by atoms with Crippen LogP contribution in [0.15, 0.2) is 46.9 Å². The molecule has 0 saturated heterocycles. The molecule has 0 fully saturated rings. The number of para-hydroxylation sites is 1. The Morgan fingerprint density at radius 3 is 2.72 bits per heavy atom. The first-order valence-electron chi connectivity index (χ1n) is 7.08. The van der Waals surface area contributed by atoms with Gasteiger partial charge < -0.3 is 4.74 Å². The number of hydrogen-bond donors (Lipinski definition) is 0. The predicted octanol–water partition coefficient (Wildman–Crippen LogP) is 4.96. The minimum atomic E-state index is -2.96. The number of benzene rings is 2. The molecule has 0 amide bonds. The van der Waals surface area contributed by atoms with Gasteiger partial charge in [0.15, 0.2) is 11.5 Å². The van der Waals surface area contributed by atoms with Gasteiger partial charge in [-0.1, -0.05) is 28.1 Å². The summed E-state index contributed by atoms with van der Waals surface area (Å²) in [4.78, 5) is 8.72. The Bertz CT molecular complexity index is 1100. The van der Waals surface area contributed by atoms with Gasteiger partial charge in [-0.2, -0.15) is 13.3 Å². The summed E-state index contributed by atoms with van der Waals surface area (Å²) in [5.74, 6) is 0.178. The second kappa shape index (κ2) is 6.20. The number of rotatable bonds is 3. The van der Waals surface area contributed by atoms with Gasteiger partial charge in [0.05, 0.1) is 11.1 Å². The van der Waals surface area contributed by atoms with Crippen molar-refractivity contribution in [1.82, 2.24) is 19.6 Å². The first-order chi connectivity index (χ1) is 12.0. The van der Waals surface area contributed by atoms with Crippen molar-refractivity contribution in [3.63, 3.8) is 0 Å². The normalized spacial score (nSPS) is 11.6. The molecule has 9 heteroatoms. The lowest BCUT2D eigenvalue weighted by molar-refractivity contribution is -0.0495. The number of fused-ring (bicyclic) bond motifs is 3. The molecule has 4 rings (SSSR count). The fourth-order valence-electron chi connectivity index (χ4n) is 2.51. The zero-order valence-corrected chi connectivity index (χ0v) is 14.7. The Morgan fingerprint density at radius 2 is 1.92 bits per heavy atom. The van der Waals surface area contributed by atoms with E-state index in [0.29, 0.717) is 21.2 Å². The van der Waals surface area contributed by atoms with Crippen molar-refractivity contribution in [2.75, 3.05) is 0 Å². The van der Waals surface area contributed by atoms with Crippen molar-refractivity contribution in [3.8, 4) is 17.1 Å². The average molecular weight is 426 g/mol. The summed E-state index contributed by atoms with van der Waals surface area (Å²) in [6, 6.07) is 12.0. The number of hydrogen-bond acceptors (Lipinski definition) is 4. The van der Waals surface area contributed by atoms with E-state index in [9.17, 15) is 8.78 Å². The molecule has 0 atom stereocenters. The summed E-state index contributed by atoms with van der Waals surface area (Å²) >= 11 is 9.41. The topological polar surface area (TPSA) is 52.3 Å². The van der Waals surface area contributed by atoms with Gasteiger partial charge in [-0.25, -0.2) is 9.97 Å². The molecular formula is C16H8BrClF2N4O. The maximum Gasteiger partial charge on any atom is 0.387 e. The largest absolute Gasteiger partial charge is 0.434 e. The average Bonchev–Trinajstić information content (AvgIpc) is 3.00. The van der Waals surface area contributed by atoms with Gasteiger partial charge in [0.25, 0.3) is 0 Å². The van der Waals surface area contributed by atoms with Gasteiger partial charge in [0, 0.05) is 9.86 Å². The predicted molar refractivity (Wildman–Crippen MR) is 93.1 cm³/mol. The van der Waals surface area contributed by atoms with Crippen molar-refractivity contribution in [3.05, 3.63) is 52.2 Å². The Kier molecular flexibility index (Phi) is 4.01. The van der Waals surface area contributed by atoms with Crippen molar-refractivity contribution >= 4 is 44.1 Å². The van der Waals surface area contributed by atoms with Gasteiger partial charge in [-0.15, -0.1) is 5.10 Å². The third-order valence-corrected chi connectivity index (χ3v) is 4.28. The van der Waals surface area contributed by atoms with Gasteiger partial charge in [0.1, 0.15) is 5.75 Å². The number of nitrogens with zero attached hydrogens (tertiary/aromatic N) is 4. The summed E-state index contributed by atoms with van der Waals surface area (Å²) in [6.45, 7) is -2.96. The second-order valence-corrected chi connectivity index (χ2v) is 6.34. The second-order valence-electron chi connectivity index (χ2n) is 5.09. The lowest BCUT2D eigenvalue weighted by Gasteiger charge is -2.08. The van der Waals surface area contributed by atoms with Crippen LogP contribution < -0.4 is 4.74 Å². The van der Waals surface area contributed by atoms with E-state index in [1.54, 1.807) is 18.2 Å². The minimum Gasteiger partial charge on any atom is -0.434 e. The lowest BCUT2D eigenvalue weighted by atomic mass is 10.2. The molecule has 25 heavy (non-hydrogen) atoms. The van der Waals surface area contributed by atoms with Crippen LogP contribution in [0.3, 0.4) is 0 Å². The molecule has 0 saturated carbocycles. The molecule has 0 bridgehead atoms. The molecule has 2 heterocycles. The van der Waals surface area contributed by atoms with Crippen molar-refractivity contribution in [1.29, 1.82) is 0 Å². The summed E-state index contributed by atoms with van der Waals surface area (Å²) in [5.41, 5.74) is 1.47. The molecule has 5 nitrogen and oxygen atoms in total. The first-order valence-corrected chi connectivity index (χ1v) is 8.26.